The first-order chi connectivity index (χ1) is 16.4. The zero-order valence-electron chi connectivity index (χ0n) is 18.0. The number of likely N-dealkylation sites (tertiary alicyclic amines) is 1. The van der Waals surface area contributed by atoms with E-state index < -0.39 is 11.0 Å². The Balaban J connectivity index is 1.49. The fourth-order valence-electron chi connectivity index (χ4n) is 4.92. The van der Waals surface area contributed by atoms with E-state index in [1.54, 1.807) is 23.1 Å². The quantitative estimate of drug-likeness (QED) is 0.317. The van der Waals surface area contributed by atoms with Crippen LogP contribution in [0.1, 0.15) is 35.2 Å². The first-order valence-electron chi connectivity index (χ1n) is 10.9. The van der Waals surface area contributed by atoms with Crippen molar-refractivity contribution in [2.24, 2.45) is 5.92 Å². The lowest BCUT2D eigenvalue weighted by molar-refractivity contribution is -0.384. The first-order valence-corrected chi connectivity index (χ1v) is 11.6. The van der Waals surface area contributed by atoms with Crippen molar-refractivity contribution in [2.75, 3.05) is 11.9 Å². The van der Waals surface area contributed by atoms with Crippen LogP contribution in [0.25, 0.3) is 0 Å². The van der Waals surface area contributed by atoms with Gasteiger partial charge in [-0.1, -0.05) is 59.6 Å². The number of nitro groups is 1. The van der Waals surface area contributed by atoms with Gasteiger partial charge in [-0.3, -0.25) is 10.1 Å². The van der Waals surface area contributed by atoms with Crippen LogP contribution < -0.4 is 5.32 Å². The van der Waals surface area contributed by atoms with Crippen molar-refractivity contribution in [3.8, 4) is 0 Å². The molecular weight excluding hydrogens is 477 g/mol. The average molecular weight is 498 g/mol. The van der Waals surface area contributed by atoms with Crippen LogP contribution in [0, 0.1) is 16.0 Å². The van der Waals surface area contributed by atoms with Crippen molar-refractivity contribution >= 4 is 40.7 Å². The predicted molar refractivity (Wildman–Crippen MR) is 130 cm³/mol. The van der Waals surface area contributed by atoms with E-state index in [0.717, 1.165) is 23.1 Å². The number of nitro benzene ring substituents is 1. The summed E-state index contributed by atoms with van der Waals surface area (Å²) in [7, 11) is 0. The molecular formula is C25H21Cl2N3O4. The van der Waals surface area contributed by atoms with E-state index in [1.165, 1.54) is 12.1 Å². The molecule has 3 aromatic carbocycles. The van der Waals surface area contributed by atoms with Crippen molar-refractivity contribution in [1.82, 2.24) is 4.90 Å². The Hall–Kier alpha value is -3.29. The summed E-state index contributed by atoms with van der Waals surface area (Å²) >= 11 is 12.4. The van der Waals surface area contributed by atoms with Gasteiger partial charge in [0.2, 0.25) is 0 Å². The molecule has 2 heterocycles. The molecule has 1 amide bonds. The molecule has 0 aromatic heterocycles. The van der Waals surface area contributed by atoms with Gasteiger partial charge in [-0.15, -0.1) is 0 Å². The number of anilines is 1. The summed E-state index contributed by atoms with van der Waals surface area (Å²) in [4.78, 5) is 25.8. The Labute approximate surface area is 206 Å². The molecule has 3 aromatic rings. The number of hydrogen-bond acceptors (Lipinski definition) is 5. The topological polar surface area (TPSA) is 84.7 Å². The highest BCUT2D eigenvalue weighted by Gasteiger charge is 2.47. The Morgan fingerprint density at radius 1 is 1.09 bits per heavy atom. The third-order valence-corrected chi connectivity index (χ3v) is 7.23. The normalized spacial score (nSPS) is 20.8. The van der Waals surface area contributed by atoms with Crippen LogP contribution in [0.2, 0.25) is 10.0 Å². The molecule has 3 atom stereocenters. The highest BCUT2D eigenvalue weighted by Crippen LogP contribution is 2.52. The van der Waals surface area contributed by atoms with Crippen LogP contribution in [0.5, 0.6) is 0 Å². The van der Waals surface area contributed by atoms with Gasteiger partial charge in [0.05, 0.1) is 27.1 Å². The summed E-state index contributed by atoms with van der Waals surface area (Å²) in [6, 6.07) is 19.2. The minimum absolute atomic E-state index is 0.0196. The molecule has 1 saturated heterocycles. The zero-order valence-corrected chi connectivity index (χ0v) is 19.5. The van der Waals surface area contributed by atoms with Gasteiger partial charge in [0.15, 0.2) is 0 Å². The molecule has 2 aliphatic heterocycles. The van der Waals surface area contributed by atoms with Crippen LogP contribution >= 0.6 is 23.2 Å². The molecule has 9 heteroatoms. The largest absolute Gasteiger partial charge is 0.445 e. The zero-order chi connectivity index (χ0) is 23.8. The first kappa shape index (κ1) is 22.5. The van der Waals surface area contributed by atoms with Gasteiger partial charge in [0.1, 0.15) is 6.61 Å². The number of non-ortho nitro benzene ring substituents is 1. The van der Waals surface area contributed by atoms with E-state index in [0.29, 0.717) is 22.3 Å². The van der Waals surface area contributed by atoms with Gasteiger partial charge in [0, 0.05) is 30.3 Å². The highest BCUT2D eigenvalue weighted by molar-refractivity contribution is 6.42. The van der Waals surface area contributed by atoms with Gasteiger partial charge < -0.3 is 15.0 Å². The number of ether oxygens (including phenoxy) is 1. The molecule has 0 unspecified atom stereocenters. The van der Waals surface area contributed by atoms with Gasteiger partial charge in [-0.05, 0) is 41.3 Å². The van der Waals surface area contributed by atoms with Crippen molar-refractivity contribution in [1.29, 1.82) is 0 Å². The van der Waals surface area contributed by atoms with Crippen molar-refractivity contribution in [2.45, 2.75) is 25.1 Å². The van der Waals surface area contributed by atoms with Gasteiger partial charge >= 0.3 is 6.09 Å². The number of rotatable bonds is 4. The van der Waals surface area contributed by atoms with Crippen molar-refractivity contribution in [3.05, 3.63) is 104 Å². The fraction of sp³-hybridized carbons (Fsp3) is 0.240. The standard InChI is InChI=1S/C25H21Cl2N3O4/c26-20-9-6-16(12-21(20)27)23-19-10-11-29(25(31)34-14-15-4-2-1-3-5-15)24(19)18-8-7-17(30(32)33)13-22(18)28-23/h1-9,12-13,19,23-24,28H,10-11,14H2/t19-,23+,24+/m0/s1. The van der Waals surface area contributed by atoms with Crippen LogP contribution in [0.3, 0.4) is 0 Å². The Kier molecular flexibility index (Phi) is 6.06. The molecule has 1 fully saturated rings. The number of halogens is 2. The number of nitrogens with one attached hydrogen (secondary N) is 1. The lowest BCUT2D eigenvalue weighted by Crippen LogP contribution is -2.37. The molecule has 2 aliphatic rings. The predicted octanol–water partition coefficient (Wildman–Crippen LogP) is 6.77. The summed E-state index contributed by atoms with van der Waals surface area (Å²) in [6.45, 7) is 0.689. The molecule has 0 aliphatic carbocycles. The van der Waals surface area contributed by atoms with E-state index in [-0.39, 0.29) is 30.3 Å². The molecule has 0 bridgehead atoms. The summed E-state index contributed by atoms with van der Waals surface area (Å²) in [5.41, 5.74) is 3.24. The van der Waals surface area contributed by atoms with Gasteiger partial charge in [-0.25, -0.2) is 4.79 Å². The van der Waals surface area contributed by atoms with E-state index >= 15 is 0 Å². The van der Waals surface area contributed by atoms with Crippen molar-refractivity contribution in [3.63, 3.8) is 0 Å². The Morgan fingerprint density at radius 2 is 1.88 bits per heavy atom. The van der Waals surface area contributed by atoms with Crippen LogP contribution in [-0.2, 0) is 11.3 Å². The maximum Gasteiger partial charge on any atom is 0.410 e. The number of fused-ring (bicyclic) bond motifs is 3. The number of nitrogens with zero attached hydrogens (tertiary/aromatic N) is 2. The molecule has 34 heavy (non-hydrogen) atoms. The molecule has 0 spiro atoms. The Bertz CT molecular complexity index is 1250. The lowest BCUT2D eigenvalue weighted by atomic mass is 9.80. The Morgan fingerprint density at radius 3 is 2.62 bits per heavy atom. The highest BCUT2D eigenvalue weighted by atomic mass is 35.5. The van der Waals surface area contributed by atoms with Crippen molar-refractivity contribution < 1.29 is 14.5 Å². The number of benzene rings is 3. The average Bonchev–Trinajstić information content (AvgIpc) is 3.29. The van der Waals surface area contributed by atoms with E-state index in [2.05, 4.69) is 5.32 Å². The molecule has 174 valence electrons. The maximum absolute atomic E-state index is 13.1. The minimum atomic E-state index is -0.428. The van der Waals surface area contributed by atoms with E-state index in [9.17, 15) is 14.9 Å². The third-order valence-electron chi connectivity index (χ3n) is 6.49. The second-order valence-corrected chi connectivity index (χ2v) is 9.27. The molecule has 7 nitrogen and oxygen atoms in total. The lowest BCUT2D eigenvalue weighted by Gasteiger charge is -2.39. The summed E-state index contributed by atoms with van der Waals surface area (Å²) < 4.78 is 5.63. The second kappa shape index (κ2) is 9.16. The fourth-order valence-corrected chi connectivity index (χ4v) is 5.23. The third kappa shape index (κ3) is 4.17. The maximum atomic E-state index is 13.1. The molecule has 0 saturated carbocycles. The van der Waals surface area contributed by atoms with E-state index in [4.69, 9.17) is 27.9 Å². The number of carbonyl (C=O) groups is 1. The van der Waals surface area contributed by atoms with E-state index in [1.807, 2.05) is 36.4 Å². The summed E-state index contributed by atoms with van der Waals surface area (Å²) in [5.74, 6) is 0.0236. The van der Waals surface area contributed by atoms with Gasteiger partial charge in [-0.2, -0.15) is 0 Å². The number of amides is 1. The van der Waals surface area contributed by atoms with Crippen LogP contribution in [0.4, 0.5) is 16.2 Å². The smallest absolute Gasteiger partial charge is 0.410 e. The molecule has 1 N–H and O–H groups in total. The summed E-state index contributed by atoms with van der Waals surface area (Å²) in [6.07, 6.45) is 0.329. The monoisotopic (exact) mass is 497 g/mol. The SMILES string of the molecule is O=C(OCc1ccccc1)N1CC[C@H]2[C@@H](c3ccc(Cl)c(Cl)c3)Nc3cc([N+](=O)[O-])ccc3[C@H]21. The van der Waals surface area contributed by atoms with Gasteiger partial charge in [0.25, 0.3) is 5.69 Å². The molecule has 5 rings (SSSR count). The molecule has 0 radical (unpaired) electrons. The number of hydrogen-bond donors (Lipinski definition) is 1. The second-order valence-electron chi connectivity index (χ2n) is 8.46. The summed E-state index contributed by atoms with van der Waals surface area (Å²) in [5, 5.41) is 15.7. The van der Waals surface area contributed by atoms with Crippen LogP contribution in [-0.4, -0.2) is 22.5 Å². The number of carbonyl (C=O) groups excluding carboxylic acids is 1. The van der Waals surface area contributed by atoms with Crippen LogP contribution in [0.15, 0.2) is 66.7 Å². The minimum Gasteiger partial charge on any atom is -0.445 e.